The third kappa shape index (κ3) is 5.51. The average molecular weight is 529 g/mol. The van der Waals surface area contributed by atoms with Gasteiger partial charge in [0.1, 0.15) is 12.2 Å². The SMILES string of the molecule is CC(C)(O)[C@H](F)CNC(=O)c1cnc(-c2cnn3cc(C#N)cnc23)cc1N[C@@H]1C=CN(c2ncccn2)C1. The van der Waals surface area contributed by atoms with Crippen molar-refractivity contribution in [2.75, 3.05) is 23.3 Å². The molecule has 198 valence electrons. The number of alkyl halides is 1. The molecule has 0 saturated carbocycles. The molecular weight excluding hydrogens is 503 g/mol. The number of aromatic nitrogens is 6. The first-order chi connectivity index (χ1) is 18.7. The van der Waals surface area contributed by atoms with Gasteiger partial charge in [-0.3, -0.25) is 9.78 Å². The fourth-order valence-corrected chi connectivity index (χ4v) is 3.97. The van der Waals surface area contributed by atoms with Gasteiger partial charge in [-0.2, -0.15) is 10.4 Å². The predicted molar refractivity (Wildman–Crippen MR) is 140 cm³/mol. The fourth-order valence-electron chi connectivity index (χ4n) is 3.97. The van der Waals surface area contributed by atoms with E-state index in [0.717, 1.165) is 0 Å². The molecule has 0 saturated heterocycles. The van der Waals surface area contributed by atoms with Crippen LogP contribution >= 0.6 is 0 Å². The molecular formula is C26H25FN10O2. The standard InChI is InChI=1S/C26H25FN10O2/c1-26(2,39)22(27)13-33-24(38)19-11-31-20(18-12-34-37-14-16(9-28)10-32-23(18)37)8-21(19)35-17-4-7-36(15-17)25-29-5-3-6-30-25/h3-8,10-12,14,17,22,39H,13,15H2,1-2H3,(H,31,35)(H,33,38)/t17-,22-/m1/s1. The molecule has 2 atom stereocenters. The van der Waals surface area contributed by atoms with Crippen LogP contribution in [0.2, 0.25) is 0 Å². The number of carbonyl (C=O) groups is 1. The zero-order chi connectivity index (χ0) is 27.6. The lowest BCUT2D eigenvalue weighted by Crippen LogP contribution is -2.42. The molecule has 0 bridgehead atoms. The first-order valence-electron chi connectivity index (χ1n) is 12.1. The third-order valence-corrected chi connectivity index (χ3v) is 6.16. The molecule has 1 aliphatic heterocycles. The fraction of sp³-hybridized carbons (Fsp3) is 0.269. The van der Waals surface area contributed by atoms with E-state index in [4.69, 9.17) is 5.26 Å². The van der Waals surface area contributed by atoms with Gasteiger partial charge in [-0.05, 0) is 32.1 Å². The molecule has 13 heteroatoms. The van der Waals surface area contributed by atoms with Gasteiger partial charge in [0, 0.05) is 37.5 Å². The van der Waals surface area contributed by atoms with E-state index < -0.39 is 17.7 Å². The Morgan fingerprint density at radius 3 is 2.79 bits per heavy atom. The monoisotopic (exact) mass is 528 g/mol. The molecule has 1 amide bonds. The molecule has 5 rings (SSSR count). The number of rotatable bonds is 8. The number of carbonyl (C=O) groups excluding carboxylic acids is 1. The summed E-state index contributed by atoms with van der Waals surface area (Å²) in [5, 5.41) is 29.2. The number of aliphatic hydroxyl groups is 1. The van der Waals surface area contributed by atoms with E-state index in [1.165, 1.54) is 30.8 Å². The maximum absolute atomic E-state index is 14.3. The van der Waals surface area contributed by atoms with Crippen molar-refractivity contribution in [1.82, 2.24) is 34.9 Å². The molecule has 4 aromatic rings. The highest BCUT2D eigenvalue weighted by Gasteiger charge is 2.28. The molecule has 0 fully saturated rings. The topological polar surface area (TPSA) is 157 Å². The van der Waals surface area contributed by atoms with E-state index in [-0.39, 0.29) is 18.2 Å². The van der Waals surface area contributed by atoms with Crippen LogP contribution in [-0.2, 0) is 0 Å². The lowest BCUT2D eigenvalue weighted by atomic mass is 10.0. The first kappa shape index (κ1) is 25.7. The molecule has 3 N–H and O–H groups in total. The van der Waals surface area contributed by atoms with Crippen molar-refractivity contribution in [1.29, 1.82) is 5.26 Å². The van der Waals surface area contributed by atoms with Gasteiger partial charge < -0.3 is 20.6 Å². The minimum absolute atomic E-state index is 0.195. The summed E-state index contributed by atoms with van der Waals surface area (Å²) in [7, 11) is 0. The van der Waals surface area contributed by atoms with Crippen molar-refractivity contribution < 1.29 is 14.3 Å². The van der Waals surface area contributed by atoms with Crippen LogP contribution in [0.15, 0.2) is 61.6 Å². The Labute approximate surface area is 222 Å². The molecule has 0 aliphatic carbocycles. The summed E-state index contributed by atoms with van der Waals surface area (Å²) in [5.41, 5.74) is 0.985. The van der Waals surface area contributed by atoms with Crippen molar-refractivity contribution in [2.45, 2.75) is 31.7 Å². The molecule has 4 aromatic heterocycles. The number of hydrogen-bond donors (Lipinski definition) is 3. The number of halogens is 1. The second-order valence-corrected chi connectivity index (χ2v) is 9.52. The Morgan fingerprint density at radius 1 is 1.26 bits per heavy atom. The Kier molecular flexibility index (Phi) is 6.86. The van der Waals surface area contributed by atoms with Gasteiger partial charge in [0.05, 0.1) is 58.7 Å². The number of nitrogens with one attached hydrogen (secondary N) is 2. The van der Waals surface area contributed by atoms with Gasteiger partial charge in [-0.25, -0.2) is 23.9 Å². The lowest BCUT2D eigenvalue weighted by molar-refractivity contribution is -0.00177. The summed E-state index contributed by atoms with van der Waals surface area (Å²) >= 11 is 0. The van der Waals surface area contributed by atoms with Crippen molar-refractivity contribution in [3.63, 3.8) is 0 Å². The number of nitrogens with zero attached hydrogens (tertiary/aromatic N) is 8. The van der Waals surface area contributed by atoms with Gasteiger partial charge >= 0.3 is 0 Å². The van der Waals surface area contributed by atoms with E-state index in [1.54, 1.807) is 36.9 Å². The maximum atomic E-state index is 14.3. The number of hydrogen-bond acceptors (Lipinski definition) is 10. The molecule has 12 nitrogen and oxygen atoms in total. The first-order valence-corrected chi connectivity index (χ1v) is 12.1. The van der Waals surface area contributed by atoms with E-state index in [2.05, 4.69) is 35.7 Å². The molecule has 0 aromatic carbocycles. The summed E-state index contributed by atoms with van der Waals surface area (Å²) in [4.78, 5) is 32.3. The largest absolute Gasteiger partial charge is 0.387 e. The lowest BCUT2D eigenvalue weighted by Gasteiger charge is -2.23. The quantitative estimate of drug-likeness (QED) is 0.309. The molecule has 0 spiro atoms. The van der Waals surface area contributed by atoms with E-state index >= 15 is 0 Å². The third-order valence-electron chi connectivity index (χ3n) is 6.16. The average Bonchev–Trinajstić information content (AvgIpc) is 3.58. The van der Waals surface area contributed by atoms with Gasteiger partial charge in [-0.1, -0.05) is 0 Å². The Morgan fingerprint density at radius 2 is 2.05 bits per heavy atom. The van der Waals surface area contributed by atoms with Crippen LogP contribution in [0.5, 0.6) is 0 Å². The molecule has 0 unspecified atom stereocenters. The highest BCUT2D eigenvalue weighted by atomic mass is 19.1. The number of nitriles is 1. The second-order valence-electron chi connectivity index (χ2n) is 9.52. The van der Waals surface area contributed by atoms with Gasteiger partial charge in [-0.15, -0.1) is 0 Å². The Hall–Kier alpha value is -4.96. The van der Waals surface area contributed by atoms with Crippen LogP contribution in [0, 0.1) is 11.3 Å². The highest BCUT2D eigenvalue weighted by molar-refractivity contribution is 6.00. The molecule has 39 heavy (non-hydrogen) atoms. The van der Waals surface area contributed by atoms with E-state index in [1.807, 2.05) is 23.2 Å². The highest BCUT2D eigenvalue weighted by Crippen LogP contribution is 2.28. The maximum Gasteiger partial charge on any atom is 0.255 e. The van der Waals surface area contributed by atoms with Gasteiger partial charge in [0.2, 0.25) is 5.95 Å². The predicted octanol–water partition coefficient (Wildman–Crippen LogP) is 2.11. The van der Waals surface area contributed by atoms with Crippen molar-refractivity contribution in [2.24, 2.45) is 0 Å². The van der Waals surface area contributed by atoms with Crippen LogP contribution < -0.4 is 15.5 Å². The van der Waals surface area contributed by atoms with Crippen LogP contribution in [0.4, 0.5) is 16.0 Å². The molecule has 5 heterocycles. The van der Waals surface area contributed by atoms with Crippen molar-refractivity contribution in [3.05, 3.63) is 72.7 Å². The summed E-state index contributed by atoms with van der Waals surface area (Å²) in [5.74, 6) is -0.00784. The summed E-state index contributed by atoms with van der Waals surface area (Å²) in [6, 6.07) is 5.25. The summed E-state index contributed by atoms with van der Waals surface area (Å²) in [6.07, 6.45) is 11.4. The van der Waals surface area contributed by atoms with E-state index in [9.17, 15) is 14.3 Å². The van der Waals surface area contributed by atoms with E-state index in [0.29, 0.717) is 40.6 Å². The smallest absolute Gasteiger partial charge is 0.255 e. The molecule has 0 radical (unpaired) electrons. The second kappa shape index (κ2) is 10.4. The van der Waals surface area contributed by atoms with Crippen LogP contribution in [0.25, 0.3) is 16.9 Å². The number of anilines is 2. The van der Waals surface area contributed by atoms with Crippen molar-refractivity contribution >= 4 is 23.2 Å². The minimum atomic E-state index is -1.66. The number of fused-ring (bicyclic) bond motifs is 1. The summed E-state index contributed by atoms with van der Waals surface area (Å²) < 4.78 is 15.8. The Balaban J connectivity index is 1.44. The van der Waals surface area contributed by atoms with Crippen LogP contribution in [0.3, 0.4) is 0 Å². The van der Waals surface area contributed by atoms with Crippen LogP contribution in [-0.4, -0.2) is 71.5 Å². The number of pyridine rings is 1. The zero-order valence-corrected chi connectivity index (χ0v) is 21.2. The van der Waals surface area contributed by atoms with Crippen LogP contribution in [0.1, 0.15) is 29.8 Å². The number of amides is 1. The van der Waals surface area contributed by atoms with Gasteiger partial charge in [0.15, 0.2) is 5.65 Å². The minimum Gasteiger partial charge on any atom is -0.387 e. The van der Waals surface area contributed by atoms with Crippen molar-refractivity contribution in [3.8, 4) is 17.3 Å². The Bertz CT molecular complexity index is 1580. The van der Waals surface area contributed by atoms with Gasteiger partial charge in [0.25, 0.3) is 5.91 Å². The molecule has 1 aliphatic rings. The zero-order valence-electron chi connectivity index (χ0n) is 21.2. The normalized spacial score (nSPS) is 15.8. The summed E-state index contributed by atoms with van der Waals surface area (Å²) in [6.45, 7) is 2.81.